The van der Waals surface area contributed by atoms with Crippen LogP contribution in [0.3, 0.4) is 0 Å². The number of aliphatic hydroxyl groups is 1. The summed E-state index contributed by atoms with van der Waals surface area (Å²) in [4.78, 5) is 16.4. The molecule has 2 heterocycles. The molecule has 1 N–H and O–H groups in total. The molecule has 0 radical (unpaired) electrons. The van der Waals surface area contributed by atoms with Gasteiger partial charge in [-0.3, -0.25) is 10.1 Å². The Hall–Kier alpha value is -1.69. The van der Waals surface area contributed by atoms with Crippen LogP contribution in [-0.2, 0) is 0 Å². The van der Waals surface area contributed by atoms with Crippen LogP contribution in [0.2, 0.25) is 0 Å². The van der Waals surface area contributed by atoms with Crippen LogP contribution >= 0.6 is 0 Å². The predicted molar refractivity (Wildman–Crippen MR) is 63.0 cm³/mol. The first-order chi connectivity index (χ1) is 7.99. The van der Waals surface area contributed by atoms with Gasteiger partial charge in [0.2, 0.25) is 5.82 Å². The van der Waals surface area contributed by atoms with Gasteiger partial charge < -0.3 is 10.0 Å². The number of nitrogens with zero attached hydrogens (tertiary/aromatic N) is 3. The highest BCUT2D eigenvalue weighted by Crippen LogP contribution is 2.30. The van der Waals surface area contributed by atoms with Crippen LogP contribution in [-0.4, -0.2) is 33.7 Å². The van der Waals surface area contributed by atoms with E-state index >= 15 is 0 Å². The van der Waals surface area contributed by atoms with E-state index in [4.69, 9.17) is 0 Å². The Morgan fingerprint density at radius 3 is 2.76 bits per heavy atom. The summed E-state index contributed by atoms with van der Waals surface area (Å²) in [6.45, 7) is 2.97. The number of anilines is 1. The van der Waals surface area contributed by atoms with Crippen LogP contribution in [0.4, 0.5) is 11.5 Å². The smallest absolute Gasteiger partial charge is 0.311 e. The van der Waals surface area contributed by atoms with Gasteiger partial charge in [0, 0.05) is 25.4 Å². The second kappa shape index (κ2) is 4.29. The number of hydrogen-bond acceptors (Lipinski definition) is 5. The Kier molecular flexibility index (Phi) is 2.97. The third kappa shape index (κ3) is 2.52. The molecular weight excluding hydrogens is 222 g/mol. The van der Waals surface area contributed by atoms with Crippen molar-refractivity contribution in [1.82, 2.24) is 4.98 Å². The van der Waals surface area contributed by atoms with Gasteiger partial charge in [-0.2, -0.15) is 0 Å². The normalized spacial score (nSPS) is 19.1. The molecule has 2 rings (SSSR count). The first-order valence-corrected chi connectivity index (χ1v) is 5.56. The van der Waals surface area contributed by atoms with E-state index in [1.165, 1.54) is 6.07 Å². The number of piperidine rings is 1. The summed E-state index contributed by atoms with van der Waals surface area (Å²) in [5.41, 5.74) is -0.644. The summed E-state index contributed by atoms with van der Waals surface area (Å²) in [7, 11) is 0. The Morgan fingerprint density at radius 1 is 1.53 bits per heavy atom. The molecule has 1 aromatic heterocycles. The second-order valence-corrected chi connectivity index (χ2v) is 4.59. The van der Waals surface area contributed by atoms with E-state index in [0.717, 1.165) is 0 Å². The van der Waals surface area contributed by atoms with Crippen molar-refractivity contribution in [3.05, 3.63) is 28.4 Å². The third-order valence-electron chi connectivity index (χ3n) is 3.10. The van der Waals surface area contributed by atoms with Gasteiger partial charge in [0.05, 0.1) is 10.5 Å². The molecule has 92 valence electrons. The fourth-order valence-corrected chi connectivity index (χ4v) is 1.97. The fourth-order valence-electron chi connectivity index (χ4n) is 1.97. The molecule has 0 unspecified atom stereocenters. The minimum absolute atomic E-state index is 0.0223. The van der Waals surface area contributed by atoms with Gasteiger partial charge in [-0.15, -0.1) is 0 Å². The molecule has 0 spiro atoms. The van der Waals surface area contributed by atoms with E-state index < -0.39 is 10.5 Å². The van der Waals surface area contributed by atoms with Crippen LogP contribution in [0.25, 0.3) is 0 Å². The lowest BCUT2D eigenvalue weighted by Crippen LogP contribution is -2.43. The fraction of sp³-hybridized carbons (Fsp3) is 0.545. The summed E-state index contributed by atoms with van der Waals surface area (Å²) < 4.78 is 0. The number of hydrogen-bond donors (Lipinski definition) is 1. The minimum Gasteiger partial charge on any atom is -0.390 e. The van der Waals surface area contributed by atoms with Crippen molar-refractivity contribution in [1.29, 1.82) is 0 Å². The summed E-state index contributed by atoms with van der Waals surface area (Å²) in [5.74, 6) is 0.396. The summed E-state index contributed by atoms with van der Waals surface area (Å²) in [6, 6.07) is 3.01. The molecule has 1 saturated heterocycles. The zero-order valence-corrected chi connectivity index (χ0v) is 9.67. The topological polar surface area (TPSA) is 79.5 Å². The van der Waals surface area contributed by atoms with Crippen LogP contribution in [0.5, 0.6) is 0 Å². The molecule has 1 aromatic rings. The minimum atomic E-state index is -0.667. The monoisotopic (exact) mass is 237 g/mol. The van der Waals surface area contributed by atoms with Crippen molar-refractivity contribution in [2.45, 2.75) is 25.4 Å². The number of rotatable bonds is 2. The van der Waals surface area contributed by atoms with E-state index in [0.29, 0.717) is 31.7 Å². The Bertz CT molecular complexity index is 424. The van der Waals surface area contributed by atoms with Gasteiger partial charge in [-0.05, 0) is 25.8 Å². The Balaban J connectivity index is 2.21. The Morgan fingerprint density at radius 2 is 2.18 bits per heavy atom. The van der Waals surface area contributed by atoms with Crippen LogP contribution in [0, 0.1) is 10.1 Å². The molecule has 0 amide bonds. The van der Waals surface area contributed by atoms with Gasteiger partial charge >= 0.3 is 5.69 Å². The molecule has 6 heteroatoms. The quantitative estimate of drug-likeness (QED) is 0.620. The molecule has 0 atom stereocenters. The maximum absolute atomic E-state index is 10.9. The summed E-state index contributed by atoms with van der Waals surface area (Å²) in [6.07, 6.45) is 2.75. The largest absolute Gasteiger partial charge is 0.390 e. The zero-order valence-electron chi connectivity index (χ0n) is 9.67. The van der Waals surface area contributed by atoms with E-state index in [1.54, 1.807) is 19.2 Å². The zero-order chi connectivity index (χ0) is 12.5. The van der Waals surface area contributed by atoms with Crippen molar-refractivity contribution in [3.8, 4) is 0 Å². The molecule has 0 aliphatic carbocycles. The van der Waals surface area contributed by atoms with Crippen LogP contribution in [0.15, 0.2) is 18.3 Å². The highest BCUT2D eigenvalue weighted by Gasteiger charge is 2.30. The molecule has 1 fully saturated rings. The maximum atomic E-state index is 10.9. The molecule has 17 heavy (non-hydrogen) atoms. The first kappa shape index (κ1) is 11.8. The predicted octanol–water partition coefficient (Wildman–Crippen LogP) is 1.34. The molecule has 0 saturated carbocycles. The van der Waals surface area contributed by atoms with Gasteiger partial charge in [-0.1, -0.05) is 0 Å². The summed E-state index contributed by atoms with van der Waals surface area (Å²) >= 11 is 0. The molecule has 0 aromatic carbocycles. The number of nitro groups is 1. The SMILES string of the molecule is CC1(O)CCN(c2ncccc2[N+](=O)[O-])CC1. The van der Waals surface area contributed by atoms with E-state index in [-0.39, 0.29) is 5.69 Å². The van der Waals surface area contributed by atoms with Gasteiger partial charge in [-0.25, -0.2) is 4.98 Å². The van der Waals surface area contributed by atoms with E-state index in [2.05, 4.69) is 4.98 Å². The van der Waals surface area contributed by atoms with Crippen LogP contribution in [0.1, 0.15) is 19.8 Å². The first-order valence-electron chi connectivity index (χ1n) is 5.56. The standard InChI is InChI=1S/C11H15N3O3/c1-11(15)4-7-13(8-5-11)10-9(14(16)17)3-2-6-12-10/h2-3,6,15H,4-5,7-8H2,1H3. The third-order valence-corrected chi connectivity index (χ3v) is 3.10. The highest BCUT2D eigenvalue weighted by molar-refractivity contribution is 5.57. The molecule has 1 aliphatic rings. The van der Waals surface area contributed by atoms with Crippen molar-refractivity contribution in [2.24, 2.45) is 0 Å². The van der Waals surface area contributed by atoms with Gasteiger partial charge in [0.25, 0.3) is 0 Å². The average molecular weight is 237 g/mol. The van der Waals surface area contributed by atoms with E-state index in [9.17, 15) is 15.2 Å². The lowest BCUT2D eigenvalue weighted by molar-refractivity contribution is -0.384. The lowest BCUT2D eigenvalue weighted by Gasteiger charge is -2.36. The van der Waals surface area contributed by atoms with Crippen molar-refractivity contribution < 1.29 is 10.0 Å². The maximum Gasteiger partial charge on any atom is 0.311 e. The molecule has 1 aliphatic heterocycles. The van der Waals surface area contributed by atoms with Gasteiger partial charge in [0.15, 0.2) is 0 Å². The van der Waals surface area contributed by atoms with E-state index in [1.807, 2.05) is 4.90 Å². The van der Waals surface area contributed by atoms with Crippen molar-refractivity contribution >= 4 is 11.5 Å². The van der Waals surface area contributed by atoms with Crippen molar-refractivity contribution in [3.63, 3.8) is 0 Å². The molecular formula is C11H15N3O3. The molecule has 0 bridgehead atoms. The van der Waals surface area contributed by atoms with Gasteiger partial charge in [0.1, 0.15) is 0 Å². The Labute approximate surface area is 99.0 Å². The summed E-state index contributed by atoms with van der Waals surface area (Å²) in [5, 5.41) is 20.7. The second-order valence-electron chi connectivity index (χ2n) is 4.59. The average Bonchev–Trinajstić information content (AvgIpc) is 2.29. The molecule has 6 nitrogen and oxygen atoms in total. The van der Waals surface area contributed by atoms with Crippen molar-refractivity contribution in [2.75, 3.05) is 18.0 Å². The van der Waals surface area contributed by atoms with Crippen LogP contribution < -0.4 is 4.90 Å². The highest BCUT2D eigenvalue weighted by atomic mass is 16.6. The number of aromatic nitrogens is 1. The number of pyridine rings is 1. The lowest BCUT2D eigenvalue weighted by atomic mass is 9.94.